The Morgan fingerprint density at radius 2 is 2.11 bits per heavy atom. The summed E-state index contributed by atoms with van der Waals surface area (Å²) in [6.45, 7) is 0.640. The molecule has 18 heavy (non-hydrogen) atoms. The third kappa shape index (κ3) is 3.20. The van der Waals surface area contributed by atoms with Crippen LogP contribution in [0.4, 0.5) is 0 Å². The number of hydrogen-bond donors (Lipinski definition) is 1. The minimum atomic E-state index is -0.684. The molecule has 0 bridgehead atoms. The largest absolute Gasteiger partial charge is 0.481 e. The maximum Gasteiger partial charge on any atom is 0.307 e. The van der Waals surface area contributed by atoms with Crippen LogP contribution in [-0.2, 0) is 9.53 Å². The van der Waals surface area contributed by atoms with Gasteiger partial charge in [0.15, 0.2) is 0 Å². The zero-order chi connectivity index (χ0) is 13.0. The highest BCUT2D eigenvalue weighted by atomic mass is 16.5. The van der Waals surface area contributed by atoms with Crippen molar-refractivity contribution in [3.63, 3.8) is 0 Å². The van der Waals surface area contributed by atoms with E-state index in [1.807, 2.05) is 30.3 Å². The van der Waals surface area contributed by atoms with Crippen LogP contribution in [0, 0.1) is 11.8 Å². The number of benzene rings is 1. The monoisotopic (exact) mass is 246 g/mol. The number of carboxylic acids is 1. The van der Waals surface area contributed by atoms with Gasteiger partial charge in [-0.15, -0.1) is 0 Å². The smallest absolute Gasteiger partial charge is 0.307 e. The summed E-state index contributed by atoms with van der Waals surface area (Å²) in [5, 5.41) is 9.01. The lowest BCUT2D eigenvalue weighted by atomic mass is 10.0. The predicted octanol–water partition coefficient (Wildman–Crippen LogP) is 2.83. The highest BCUT2D eigenvalue weighted by molar-refractivity contribution is 5.75. The summed E-state index contributed by atoms with van der Waals surface area (Å²) in [4.78, 5) is 10.9. The van der Waals surface area contributed by atoms with E-state index in [-0.39, 0.29) is 11.8 Å². The Morgan fingerprint density at radius 3 is 2.67 bits per heavy atom. The van der Waals surface area contributed by atoms with E-state index in [2.05, 4.69) is 6.08 Å². The maximum atomic E-state index is 10.9. The topological polar surface area (TPSA) is 46.5 Å². The van der Waals surface area contributed by atoms with Crippen molar-refractivity contribution in [3.05, 3.63) is 41.5 Å². The molecule has 1 aromatic carbocycles. The lowest BCUT2D eigenvalue weighted by Gasteiger charge is -2.06. The molecule has 1 N–H and O–H groups in total. The summed E-state index contributed by atoms with van der Waals surface area (Å²) in [5.74, 6) is -0.689. The van der Waals surface area contributed by atoms with Gasteiger partial charge in [0, 0.05) is 13.7 Å². The lowest BCUT2D eigenvalue weighted by Crippen LogP contribution is -2.02. The molecule has 2 atom stereocenters. The van der Waals surface area contributed by atoms with Crippen LogP contribution in [0.5, 0.6) is 0 Å². The first-order chi connectivity index (χ1) is 8.72. The fraction of sp³-hybridized carbons (Fsp3) is 0.400. The molecule has 2 rings (SSSR count). The van der Waals surface area contributed by atoms with Gasteiger partial charge in [-0.05, 0) is 24.3 Å². The molecule has 0 spiro atoms. The van der Waals surface area contributed by atoms with E-state index in [9.17, 15) is 4.79 Å². The molecule has 0 saturated heterocycles. The van der Waals surface area contributed by atoms with E-state index in [1.54, 1.807) is 7.11 Å². The van der Waals surface area contributed by atoms with Crippen LogP contribution in [0.2, 0.25) is 0 Å². The standard InChI is InChI=1S/C15H18O3/c1-18-8-7-12(13-10-14(13)15(16)17)9-11-5-3-2-4-6-11/h2-6,9,13-14H,7-8,10H2,1H3,(H,16,17)/t13-,14?/m0/s1. The zero-order valence-corrected chi connectivity index (χ0v) is 10.5. The molecular weight excluding hydrogens is 228 g/mol. The molecule has 3 nitrogen and oxygen atoms in total. The molecule has 0 radical (unpaired) electrons. The van der Waals surface area contributed by atoms with Crippen LogP contribution < -0.4 is 0 Å². The van der Waals surface area contributed by atoms with Gasteiger partial charge >= 0.3 is 5.97 Å². The number of ether oxygens (including phenoxy) is 1. The van der Waals surface area contributed by atoms with Gasteiger partial charge in [0.25, 0.3) is 0 Å². The first-order valence-electron chi connectivity index (χ1n) is 6.19. The second kappa shape index (κ2) is 5.83. The van der Waals surface area contributed by atoms with Crippen molar-refractivity contribution in [1.29, 1.82) is 0 Å². The minimum absolute atomic E-state index is 0.192. The van der Waals surface area contributed by atoms with Gasteiger partial charge in [0.1, 0.15) is 0 Å². The highest BCUT2D eigenvalue weighted by Crippen LogP contribution is 2.46. The van der Waals surface area contributed by atoms with Crippen molar-refractivity contribution in [3.8, 4) is 0 Å². The summed E-state index contributed by atoms with van der Waals surface area (Å²) >= 11 is 0. The second-order valence-corrected chi connectivity index (χ2v) is 4.66. The normalized spacial score (nSPS) is 22.8. The number of rotatable bonds is 6. The van der Waals surface area contributed by atoms with Crippen LogP contribution in [0.1, 0.15) is 18.4 Å². The minimum Gasteiger partial charge on any atom is -0.481 e. The molecule has 1 aliphatic carbocycles. The average molecular weight is 246 g/mol. The molecule has 1 aromatic rings. The summed E-state index contributed by atoms with van der Waals surface area (Å²) in [6, 6.07) is 10.0. The fourth-order valence-corrected chi connectivity index (χ4v) is 2.23. The van der Waals surface area contributed by atoms with E-state index in [4.69, 9.17) is 9.84 Å². The molecule has 0 heterocycles. The van der Waals surface area contributed by atoms with E-state index in [0.29, 0.717) is 6.61 Å². The zero-order valence-electron chi connectivity index (χ0n) is 10.5. The Kier molecular flexibility index (Phi) is 4.15. The maximum absolute atomic E-state index is 10.9. The van der Waals surface area contributed by atoms with Gasteiger partial charge < -0.3 is 9.84 Å². The van der Waals surface area contributed by atoms with Crippen molar-refractivity contribution in [2.75, 3.05) is 13.7 Å². The van der Waals surface area contributed by atoms with Crippen molar-refractivity contribution >= 4 is 12.0 Å². The number of aliphatic carboxylic acids is 1. The lowest BCUT2D eigenvalue weighted by molar-refractivity contribution is -0.138. The Balaban J connectivity index is 2.11. The van der Waals surface area contributed by atoms with Gasteiger partial charge in [0.2, 0.25) is 0 Å². The quantitative estimate of drug-likeness (QED) is 0.839. The van der Waals surface area contributed by atoms with E-state index in [0.717, 1.165) is 18.4 Å². The summed E-state index contributed by atoms with van der Waals surface area (Å²) < 4.78 is 5.10. The van der Waals surface area contributed by atoms with E-state index < -0.39 is 5.97 Å². The highest BCUT2D eigenvalue weighted by Gasteiger charge is 2.44. The number of carboxylic acid groups (broad SMARTS) is 1. The molecule has 1 saturated carbocycles. The first kappa shape index (κ1) is 12.8. The van der Waals surface area contributed by atoms with Gasteiger partial charge in [-0.25, -0.2) is 0 Å². The molecule has 1 fully saturated rings. The summed E-state index contributed by atoms with van der Waals surface area (Å²) in [7, 11) is 1.67. The summed E-state index contributed by atoms with van der Waals surface area (Å²) in [5.41, 5.74) is 2.31. The van der Waals surface area contributed by atoms with E-state index in [1.165, 1.54) is 5.57 Å². The van der Waals surface area contributed by atoms with Crippen molar-refractivity contribution in [2.24, 2.45) is 11.8 Å². The molecule has 0 amide bonds. The molecule has 0 aliphatic heterocycles. The number of hydrogen-bond acceptors (Lipinski definition) is 2. The second-order valence-electron chi connectivity index (χ2n) is 4.66. The van der Waals surface area contributed by atoms with Crippen LogP contribution in [0.15, 0.2) is 35.9 Å². The molecule has 1 unspecified atom stereocenters. The Hall–Kier alpha value is -1.61. The van der Waals surface area contributed by atoms with Crippen molar-refractivity contribution < 1.29 is 14.6 Å². The van der Waals surface area contributed by atoms with E-state index >= 15 is 0 Å². The van der Waals surface area contributed by atoms with Gasteiger partial charge in [-0.1, -0.05) is 42.0 Å². The Bertz CT molecular complexity index is 436. The van der Waals surface area contributed by atoms with Crippen molar-refractivity contribution in [1.82, 2.24) is 0 Å². The Morgan fingerprint density at radius 1 is 1.39 bits per heavy atom. The molecule has 0 aromatic heterocycles. The van der Waals surface area contributed by atoms with Crippen molar-refractivity contribution in [2.45, 2.75) is 12.8 Å². The Labute approximate surface area is 107 Å². The predicted molar refractivity (Wildman–Crippen MR) is 70.1 cm³/mol. The fourth-order valence-electron chi connectivity index (χ4n) is 2.23. The molecule has 1 aliphatic rings. The SMILES string of the molecule is COCCC(=Cc1ccccc1)[C@@H]1CC1C(=O)O. The number of carbonyl (C=O) groups is 1. The van der Waals surface area contributed by atoms with Crippen LogP contribution in [0.3, 0.4) is 0 Å². The van der Waals surface area contributed by atoms with Gasteiger partial charge in [-0.3, -0.25) is 4.79 Å². The molecule has 96 valence electrons. The molecular formula is C15H18O3. The number of methoxy groups -OCH3 is 1. The van der Waals surface area contributed by atoms with Gasteiger partial charge in [0.05, 0.1) is 5.92 Å². The summed E-state index contributed by atoms with van der Waals surface area (Å²) in [6.07, 6.45) is 3.67. The molecule has 3 heteroatoms. The first-order valence-corrected chi connectivity index (χ1v) is 6.19. The van der Waals surface area contributed by atoms with Crippen LogP contribution >= 0.6 is 0 Å². The van der Waals surface area contributed by atoms with Crippen LogP contribution in [-0.4, -0.2) is 24.8 Å². The van der Waals surface area contributed by atoms with Crippen LogP contribution in [0.25, 0.3) is 6.08 Å². The third-order valence-electron chi connectivity index (χ3n) is 3.33. The average Bonchev–Trinajstić information content (AvgIpc) is 3.16. The third-order valence-corrected chi connectivity index (χ3v) is 3.33. The van der Waals surface area contributed by atoms with Gasteiger partial charge in [-0.2, -0.15) is 0 Å².